The molecule has 142 valence electrons. The van der Waals surface area contributed by atoms with Gasteiger partial charge in [0.2, 0.25) is 0 Å². The first-order chi connectivity index (χ1) is 11.7. The number of aliphatic imine (C=N–C) groups is 1. The van der Waals surface area contributed by atoms with Crippen LogP contribution in [0, 0.1) is 0 Å². The normalized spacial score (nSPS) is 17.5. The molecule has 2 atom stereocenters. The summed E-state index contributed by atoms with van der Waals surface area (Å²) in [6.07, 6.45) is 3.63. The molecule has 1 aromatic rings. The number of nitrogens with one attached hydrogen (secondary N) is 2. The number of nitrogens with zero attached hydrogens (tertiary/aromatic N) is 2. The lowest BCUT2D eigenvalue weighted by molar-refractivity contribution is 0.244. The Hall–Kier alpha value is -1.02. The summed E-state index contributed by atoms with van der Waals surface area (Å²) < 4.78 is 5.41. The smallest absolute Gasteiger partial charge is 0.191 e. The monoisotopic (exact) mass is 460 g/mol. The number of methoxy groups -OCH3 is 1. The van der Waals surface area contributed by atoms with Crippen molar-refractivity contribution in [1.82, 2.24) is 15.5 Å². The van der Waals surface area contributed by atoms with Crippen LogP contribution in [0.5, 0.6) is 5.75 Å². The van der Waals surface area contributed by atoms with Crippen LogP contribution in [0.2, 0.25) is 0 Å². The fourth-order valence-corrected chi connectivity index (χ4v) is 3.08. The molecule has 5 nitrogen and oxygen atoms in total. The molecule has 1 saturated heterocycles. The average molecular weight is 460 g/mol. The molecule has 2 unspecified atom stereocenters. The Balaban J connectivity index is 0.00000312. The van der Waals surface area contributed by atoms with E-state index in [0.717, 1.165) is 37.8 Å². The zero-order valence-electron chi connectivity index (χ0n) is 15.9. The molecular formula is C19H33IN4O. The highest BCUT2D eigenvalue weighted by molar-refractivity contribution is 14.0. The Labute approximate surface area is 169 Å². The molecule has 1 aliphatic rings. The molecule has 1 heterocycles. The average Bonchev–Trinajstić information content (AvgIpc) is 3.15. The first-order valence-electron chi connectivity index (χ1n) is 9.03. The van der Waals surface area contributed by atoms with Crippen molar-refractivity contribution in [1.29, 1.82) is 0 Å². The van der Waals surface area contributed by atoms with E-state index in [0.29, 0.717) is 12.1 Å². The lowest BCUT2D eigenvalue weighted by Gasteiger charge is -2.29. The van der Waals surface area contributed by atoms with Gasteiger partial charge in [-0.1, -0.05) is 19.1 Å². The lowest BCUT2D eigenvalue weighted by Crippen LogP contribution is -2.45. The summed E-state index contributed by atoms with van der Waals surface area (Å²) in [6.45, 7) is 7.49. The van der Waals surface area contributed by atoms with Crippen molar-refractivity contribution < 1.29 is 4.74 Å². The summed E-state index contributed by atoms with van der Waals surface area (Å²) in [4.78, 5) is 6.91. The summed E-state index contributed by atoms with van der Waals surface area (Å²) in [7, 11) is 3.55. The van der Waals surface area contributed by atoms with E-state index in [9.17, 15) is 0 Å². The van der Waals surface area contributed by atoms with Gasteiger partial charge in [0.15, 0.2) is 5.96 Å². The van der Waals surface area contributed by atoms with Crippen LogP contribution < -0.4 is 15.4 Å². The minimum atomic E-state index is 0. The summed E-state index contributed by atoms with van der Waals surface area (Å²) in [5.41, 5.74) is 1.29. The number of rotatable bonds is 7. The van der Waals surface area contributed by atoms with Gasteiger partial charge in [-0.15, -0.1) is 24.0 Å². The van der Waals surface area contributed by atoms with E-state index in [4.69, 9.17) is 4.74 Å². The minimum absolute atomic E-state index is 0. The van der Waals surface area contributed by atoms with E-state index < -0.39 is 0 Å². The summed E-state index contributed by atoms with van der Waals surface area (Å²) in [5.74, 6) is 1.79. The van der Waals surface area contributed by atoms with E-state index in [1.807, 2.05) is 13.1 Å². The van der Waals surface area contributed by atoms with Crippen molar-refractivity contribution in [2.45, 2.75) is 45.2 Å². The number of ether oxygens (including phenoxy) is 1. The number of halogens is 1. The fraction of sp³-hybridized carbons (Fsp3) is 0.632. The molecule has 0 aromatic heterocycles. The number of likely N-dealkylation sites (tertiary alicyclic amines) is 1. The molecule has 1 aromatic carbocycles. The van der Waals surface area contributed by atoms with Crippen molar-refractivity contribution in [2.75, 3.05) is 33.8 Å². The third-order valence-corrected chi connectivity index (χ3v) is 4.74. The molecule has 0 bridgehead atoms. The van der Waals surface area contributed by atoms with Gasteiger partial charge < -0.3 is 15.4 Å². The van der Waals surface area contributed by atoms with Gasteiger partial charge in [-0.2, -0.15) is 0 Å². The molecule has 2 N–H and O–H groups in total. The highest BCUT2D eigenvalue weighted by Gasteiger charge is 2.24. The first kappa shape index (κ1) is 22.0. The second kappa shape index (κ2) is 11.6. The Morgan fingerprint density at radius 1 is 1.32 bits per heavy atom. The molecule has 0 spiro atoms. The van der Waals surface area contributed by atoms with Crippen LogP contribution in [-0.2, 0) is 0 Å². The zero-order chi connectivity index (χ0) is 17.4. The molecule has 1 fully saturated rings. The van der Waals surface area contributed by atoms with Gasteiger partial charge in [-0.25, -0.2) is 0 Å². The number of hydrogen-bond donors (Lipinski definition) is 2. The van der Waals surface area contributed by atoms with Crippen molar-refractivity contribution in [3.05, 3.63) is 29.8 Å². The topological polar surface area (TPSA) is 48.9 Å². The largest absolute Gasteiger partial charge is 0.497 e. The molecule has 0 saturated carbocycles. The highest BCUT2D eigenvalue weighted by atomic mass is 127. The first-order valence-corrected chi connectivity index (χ1v) is 9.03. The SMILES string of the molecule is CCC(C)NC(=NC)NCC(c1cccc(OC)c1)N1CCCC1.I. The maximum absolute atomic E-state index is 5.41. The third kappa shape index (κ3) is 6.66. The highest BCUT2D eigenvalue weighted by Crippen LogP contribution is 2.27. The molecule has 0 aliphatic carbocycles. The van der Waals surface area contributed by atoms with Gasteiger partial charge >= 0.3 is 0 Å². The number of benzene rings is 1. The van der Waals surface area contributed by atoms with Gasteiger partial charge in [0.1, 0.15) is 5.75 Å². The van der Waals surface area contributed by atoms with E-state index in [1.165, 1.54) is 18.4 Å². The van der Waals surface area contributed by atoms with E-state index in [2.05, 4.69) is 52.6 Å². The van der Waals surface area contributed by atoms with E-state index >= 15 is 0 Å². The number of hydrogen-bond acceptors (Lipinski definition) is 3. The van der Waals surface area contributed by atoms with Crippen molar-refractivity contribution in [2.24, 2.45) is 4.99 Å². The van der Waals surface area contributed by atoms with Crippen LogP contribution in [0.4, 0.5) is 0 Å². The predicted octanol–water partition coefficient (Wildman–Crippen LogP) is 3.41. The Morgan fingerprint density at radius 3 is 2.64 bits per heavy atom. The van der Waals surface area contributed by atoms with Gasteiger partial charge in [-0.05, 0) is 57.0 Å². The Morgan fingerprint density at radius 2 is 2.04 bits per heavy atom. The molecular weight excluding hydrogens is 427 g/mol. The fourth-order valence-electron chi connectivity index (χ4n) is 3.08. The van der Waals surface area contributed by atoms with Gasteiger partial charge in [0, 0.05) is 19.6 Å². The summed E-state index contributed by atoms with van der Waals surface area (Å²) >= 11 is 0. The van der Waals surface area contributed by atoms with Crippen molar-refractivity contribution >= 4 is 29.9 Å². The van der Waals surface area contributed by atoms with Crippen molar-refractivity contribution in [3.63, 3.8) is 0 Å². The van der Waals surface area contributed by atoms with Crippen LogP contribution in [0.1, 0.15) is 44.7 Å². The standard InChI is InChI=1S/C19H32N4O.HI/c1-5-15(2)22-19(20-3)21-14-18(23-11-6-7-12-23)16-9-8-10-17(13-16)24-4;/h8-10,13,15,18H,5-7,11-12,14H2,1-4H3,(H2,20,21,22);1H. The van der Waals surface area contributed by atoms with Crippen LogP contribution in [0.3, 0.4) is 0 Å². The summed E-state index contributed by atoms with van der Waals surface area (Å²) in [5, 5.41) is 6.94. The Bertz CT molecular complexity index is 532. The molecule has 2 rings (SSSR count). The second-order valence-corrected chi connectivity index (χ2v) is 6.44. The van der Waals surface area contributed by atoms with Crippen molar-refractivity contribution in [3.8, 4) is 5.75 Å². The molecule has 25 heavy (non-hydrogen) atoms. The van der Waals surface area contributed by atoms with Gasteiger partial charge in [0.05, 0.1) is 13.2 Å². The zero-order valence-corrected chi connectivity index (χ0v) is 18.2. The predicted molar refractivity (Wildman–Crippen MR) is 116 cm³/mol. The van der Waals surface area contributed by atoms with Crippen LogP contribution in [-0.4, -0.2) is 50.7 Å². The molecule has 0 radical (unpaired) electrons. The van der Waals surface area contributed by atoms with Gasteiger partial charge in [0.25, 0.3) is 0 Å². The molecule has 1 aliphatic heterocycles. The maximum Gasteiger partial charge on any atom is 0.191 e. The maximum atomic E-state index is 5.41. The molecule has 6 heteroatoms. The van der Waals surface area contributed by atoms with E-state index in [-0.39, 0.29) is 24.0 Å². The molecule has 0 amide bonds. The van der Waals surface area contributed by atoms with E-state index in [1.54, 1.807) is 7.11 Å². The van der Waals surface area contributed by atoms with Crippen LogP contribution in [0.15, 0.2) is 29.3 Å². The van der Waals surface area contributed by atoms with Gasteiger partial charge in [-0.3, -0.25) is 9.89 Å². The third-order valence-electron chi connectivity index (χ3n) is 4.74. The Kier molecular flexibility index (Phi) is 10.2. The lowest BCUT2D eigenvalue weighted by atomic mass is 10.1. The second-order valence-electron chi connectivity index (χ2n) is 6.44. The quantitative estimate of drug-likeness (QED) is 0.372. The van der Waals surface area contributed by atoms with Crippen LogP contribution >= 0.6 is 24.0 Å². The summed E-state index contributed by atoms with van der Waals surface area (Å²) in [6, 6.07) is 9.16. The van der Waals surface area contributed by atoms with Crippen LogP contribution in [0.25, 0.3) is 0 Å². The minimum Gasteiger partial charge on any atom is -0.497 e. The number of guanidine groups is 1.